The van der Waals surface area contributed by atoms with Crippen LogP contribution in [0.1, 0.15) is 38.4 Å². The number of hydrogen-bond acceptors (Lipinski definition) is 7. The lowest BCUT2D eigenvalue weighted by atomic mass is 9.90. The highest BCUT2D eigenvalue weighted by Gasteiger charge is 2.43. The number of nitrogens with zero attached hydrogens (tertiary/aromatic N) is 4. The molecule has 0 saturated heterocycles. The number of aromatic nitrogens is 4. The van der Waals surface area contributed by atoms with Gasteiger partial charge in [0.05, 0.1) is 5.69 Å². The number of hydrogen-bond donors (Lipinski definition) is 1. The van der Waals surface area contributed by atoms with Crippen molar-refractivity contribution in [1.82, 2.24) is 25.1 Å². The molecule has 3 aromatic rings. The van der Waals surface area contributed by atoms with E-state index in [-0.39, 0.29) is 24.7 Å². The van der Waals surface area contributed by atoms with Crippen LogP contribution in [0, 0.1) is 0 Å². The van der Waals surface area contributed by atoms with Gasteiger partial charge in [0.25, 0.3) is 5.91 Å². The summed E-state index contributed by atoms with van der Waals surface area (Å²) in [6.07, 6.45) is 2.00. The molecule has 0 saturated carbocycles. The van der Waals surface area contributed by atoms with Crippen molar-refractivity contribution in [2.45, 2.75) is 32.0 Å². The number of alkyl halides is 3. The number of amides is 1. The van der Waals surface area contributed by atoms with Gasteiger partial charge in [-0.15, -0.1) is 0 Å². The lowest BCUT2D eigenvalue weighted by molar-refractivity contribution is -0.193. The van der Waals surface area contributed by atoms with Crippen molar-refractivity contribution < 1.29 is 32.3 Å². The molecule has 0 bridgehead atoms. The molecule has 0 aromatic carbocycles. The Kier molecular flexibility index (Phi) is 6.39. The maximum atomic E-state index is 12.7. The van der Waals surface area contributed by atoms with Gasteiger partial charge in [-0.25, -0.2) is 9.59 Å². The molecule has 0 aliphatic heterocycles. The molecule has 0 fully saturated rings. The second-order valence-corrected chi connectivity index (χ2v) is 7.45. The molecule has 1 N–H and O–H groups in total. The number of carbonyl (C=O) groups is 3. The Hall–Kier alpha value is -4.09. The number of esters is 2. The molecule has 3 aromatic heterocycles. The van der Waals surface area contributed by atoms with Crippen LogP contribution < -0.4 is 5.32 Å². The van der Waals surface area contributed by atoms with Gasteiger partial charge in [0, 0.05) is 54.6 Å². The van der Waals surface area contributed by atoms with Gasteiger partial charge in [-0.1, -0.05) is 0 Å². The zero-order valence-corrected chi connectivity index (χ0v) is 17.6. The predicted octanol–water partition coefficient (Wildman–Crippen LogP) is 2.50. The highest BCUT2D eigenvalue weighted by atomic mass is 19.4. The summed E-state index contributed by atoms with van der Waals surface area (Å²) in [6.45, 7) is 0.302. The van der Waals surface area contributed by atoms with Crippen molar-refractivity contribution in [3.63, 3.8) is 0 Å². The fraction of sp³-hybridized carbons (Fsp3) is 0.273. The molecule has 0 atom stereocenters. The zero-order chi connectivity index (χ0) is 24.3. The van der Waals surface area contributed by atoms with Crippen molar-refractivity contribution >= 4 is 17.8 Å². The molecule has 4 rings (SSSR count). The van der Waals surface area contributed by atoms with Gasteiger partial charge >= 0.3 is 18.1 Å². The van der Waals surface area contributed by atoms with Crippen LogP contribution in [0.5, 0.6) is 0 Å². The van der Waals surface area contributed by atoms with Crippen LogP contribution in [0.15, 0.2) is 43.0 Å². The van der Waals surface area contributed by atoms with Gasteiger partial charge < -0.3 is 10.1 Å². The van der Waals surface area contributed by atoms with E-state index < -0.39 is 18.1 Å². The summed E-state index contributed by atoms with van der Waals surface area (Å²) in [5.41, 5.74) is 2.63. The molecule has 0 spiro atoms. The Morgan fingerprint density at radius 1 is 1.06 bits per heavy atom. The Labute approximate surface area is 191 Å². The van der Waals surface area contributed by atoms with Gasteiger partial charge in [0.15, 0.2) is 5.69 Å². The highest BCUT2D eigenvalue weighted by Crippen LogP contribution is 2.34. The zero-order valence-electron chi connectivity index (χ0n) is 17.6. The molecule has 1 aliphatic carbocycles. The number of halogens is 3. The lowest BCUT2D eigenvalue weighted by Gasteiger charge is -2.15. The second-order valence-electron chi connectivity index (χ2n) is 7.45. The van der Waals surface area contributed by atoms with E-state index in [4.69, 9.17) is 0 Å². The molecular formula is C22H18F3N5O4. The van der Waals surface area contributed by atoms with E-state index >= 15 is 0 Å². The fourth-order valence-electron chi connectivity index (χ4n) is 3.69. The van der Waals surface area contributed by atoms with E-state index in [2.05, 4.69) is 25.1 Å². The van der Waals surface area contributed by atoms with Crippen LogP contribution in [0.25, 0.3) is 11.3 Å². The standard InChI is InChI=1S/C22H18F3N5O4/c23-22(24,25)21(33)34-20(32)18-16-3-2-14-12-27-10-6-15(14)17(16)29-30(18)11-1-7-28-19(31)13-4-8-26-9-5-13/h4-6,8-10,12H,1-3,7,11H2,(H,28,31). The van der Waals surface area contributed by atoms with Crippen molar-refractivity contribution in [2.75, 3.05) is 6.54 Å². The van der Waals surface area contributed by atoms with Crippen LogP contribution in [0.2, 0.25) is 0 Å². The summed E-state index contributed by atoms with van der Waals surface area (Å²) in [4.78, 5) is 43.9. The molecule has 0 radical (unpaired) electrons. The molecule has 3 heterocycles. The minimum atomic E-state index is -5.31. The summed E-state index contributed by atoms with van der Waals surface area (Å²) >= 11 is 0. The summed E-state index contributed by atoms with van der Waals surface area (Å²) in [6, 6.07) is 4.81. The fourth-order valence-corrected chi connectivity index (χ4v) is 3.69. The van der Waals surface area contributed by atoms with Gasteiger partial charge in [-0.3, -0.25) is 19.4 Å². The molecule has 0 unspecified atom stereocenters. The predicted molar refractivity (Wildman–Crippen MR) is 111 cm³/mol. The molecule has 1 amide bonds. The first-order chi connectivity index (χ1) is 16.3. The minimum Gasteiger partial charge on any atom is -0.381 e. The first-order valence-electron chi connectivity index (χ1n) is 10.3. The van der Waals surface area contributed by atoms with E-state index in [1.807, 2.05) is 0 Å². The smallest absolute Gasteiger partial charge is 0.381 e. The van der Waals surface area contributed by atoms with Crippen LogP contribution in [-0.2, 0) is 28.9 Å². The second kappa shape index (κ2) is 9.41. The molecule has 1 aliphatic rings. The number of fused-ring (bicyclic) bond motifs is 3. The number of carbonyl (C=O) groups excluding carboxylic acids is 3. The summed E-state index contributed by atoms with van der Waals surface area (Å²) in [5, 5.41) is 7.14. The monoisotopic (exact) mass is 473 g/mol. The first-order valence-corrected chi connectivity index (χ1v) is 10.3. The van der Waals surface area contributed by atoms with E-state index in [1.165, 1.54) is 17.1 Å². The van der Waals surface area contributed by atoms with E-state index in [1.54, 1.807) is 30.6 Å². The topological polar surface area (TPSA) is 116 Å². The largest absolute Gasteiger partial charge is 0.491 e. The van der Waals surface area contributed by atoms with Crippen molar-refractivity contribution in [3.05, 3.63) is 65.4 Å². The van der Waals surface area contributed by atoms with Crippen LogP contribution >= 0.6 is 0 Å². The highest BCUT2D eigenvalue weighted by molar-refractivity contribution is 5.99. The number of ether oxygens (including phenoxy) is 1. The number of aryl methyl sites for hydroxylation is 2. The van der Waals surface area contributed by atoms with Gasteiger partial charge in [0.1, 0.15) is 0 Å². The molecule has 9 nitrogen and oxygen atoms in total. The van der Waals surface area contributed by atoms with Crippen LogP contribution in [-0.4, -0.2) is 50.3 Å². The lowest BCUT2D eigenvalue weighted by Crippen LogP contribution is -2.30. The SMILES string of the molecule is O=C(NCCCn1nc2c(c1C(=O)OC(=O)C(F)(F)F)CCc1cnccc1-2)c1ccncc1. The quantitative estimate of drug-likeness (QED) is 0.332. The Morgan fingerprint density at radius 3 is 2.53 bits per heavy atom. The summed E-state index contributed by atoms with van der Waals surface area (Å²) < 4.78 is 43.3. The summed E-state index contributed by atoms with van der Waals surface area (Å²) in [7, 11) is 0. The van der Waals surface area contributed by atoms with Gasteiger partial charge in [-0.2, -0.15) is 18.3 Å². The number of rotatable bonds is 6. The number of nitrogens with one attached hydrogen (secondary N) is 1. The Bertz CT molecular complexity index is 1240. The van der Waals surface area contributed by atoms with E-state index in [0.29, 0.717) is 41.6 Å². The third-order valence-electron chi connectivity index (χ3n) is 5.24. The maximum absolute atomic E-state index is 12.7. The normalized spacial score (nSPS) is 12.4. The minimum absolute atomic E-state index is 0.0919. The average molecular weight is 473 g/mol. The van der Waals surface area contributed by atoms with Crippen molar-refractivity contribution in [1.29, 1.82) is 0 Å². The third-order valence-corrected chi connectivity index (χ3v) is 5.24. The van der Waals surface area contributed by atoms with Crippen molar-refractivity contribution in [2.24, 2.45) is 0 Å². The van der Waals surface area contributed by atoms with Gasteiger partial charge in [0.2, 0.25) is 0 Å². The molecule has 12 heteroatoms. The molecule has 34 heavy (non-hydrogen) atoms. The third kappa shape index (κ3) is 4.80. The van der Waals surface area contributed by atoms with E-state index in [0.717, 1.165) is 5.56 Å². The summed E-state index contributed by atoms with van der Waals surface area (Å²) in [5.74, 6) is -4.34. The maximum Gasteiger partial charge on any atom is 0.491 e. The van der Waals surface area contributed by atoms with Crippen LogP contribution in [0.3, 0.4) is 0 Å². The van der Waals surface area contributed by atoms with Crippen LogP contribution in [0.4, 0.5) is 13.2 Å². The average Bonchev–Trinajstić information content (AvgIpc) is 3.20. The Balaban J connectivity index is 1.55. The van der Waals surface area contributed by atoms with Crippen molar-refractivity contribution in [3.8, 4) is 11.3 Å². The van der Waals surface area contributed by atoms with Gasteiger partial charge in [-0.05, 0) is 43.0 Å². The Morgan fingerprint density at radius 2 is 1.79 bits per heavy atom. The number of pyridine rings is 2. The molecule has 176 valence electrons. The van der Waals surface area contributed by atoms with E-state index in [9.17, 15) is 27.6 Å². The first kappa shape index (κ1) is 23.1. The molecular weight excluding hydrogens is 455 g/mol.